The molecule has 0 radical (unpaired) electrons. The molecule has 2 aromatic rings. The van der Waals surface area contributed by atoms with Gasteiger partial charge in [-0.15, -0.1) is 0 Å². The van der Waals surface area contributed by atoms with Crippen molar-refractivity contribution in [3.05, 3.63) is 65.2 Å². The van der Waals surface area contributed by atoms with Crippen molar-refractivity contribution >= 4 is 27.7 Å². The summed E-state index contributed by atoms with van der Waals surface area (Å²) >= 11 is 0. The number of ether oxygens (including phenoxy) is 2. The van der Waals surface area contributed by atoms with Crippen LogP contribution in [0.5, 0.6) is 0 Å². The van der Waals surface area contributed by atoms with Crippen LogP contribution in [-0.2, 0) is 30.7 Å². The number of anilines is 1. The normalized spacial score (nSPS) is 28.7. The third-order valence-corrected chi connectivity index (χ3v) is 11.4. The summed E-state index contributed by atoms with van der Waals surface area (Å²) < 4.78 is 67.0. The molecule has 3 fully saturated rings. The Labute approximate surface area is 269 Å². The van der Waals surface area contributed by atoms with Gasteiger partial charge in [0.1, 0.15) is 17.7 Å². The lowest BCUT2D eigenvalue weighted by molar-refractivity contribution is -0.120. The smallest absolute Gasteiger partial charge is 0.407 e. The molecule has 0 saturated carbocycles. The predicted molar refractivity (Wildman–Crippen MR) is 170 cm³/mol. The van der Waals surface area contributed by atoms with Gasteiger partial charge in [-0.05, 0) is 93.7 Å². The molecule has 2 bridgehead atoms. The highest BCUT2D eigenvalue weighted by Crippen LogP contribution is 2.39. The van der Waals surface area contributed by atoms with E-state index in [0.717, 1.165) is 6.42 Å². The number of carbonyl (C=O) groups is 2. The number of fused-ring (bicyclic) bond motifs is 2. The Morgan fingerprint density at radius 3 is 2.48 bits per heavy atom. The zero-order chi connectivity index (χ0) is 33.0. The molecular formula is C33H44F2N4O6S. The molecule has 2 aromatic carbocycles. The molecule has 10 nitrogen and oxygen atoms in total. The molecule has 252 valence electrons. The minimum Gasteiger partial charge on any atom is -0.453 e. The molecule has 3 saturated heterocycles. The fraction of sp³-hybridized carbons (Fsp3) is 0.576. The van der Waals surface area contributed by atoms with Crippen molar-refractivity contribution in [3.8, 4) is 0 Å². The summed E-state index contributed by atoms with van der Waals surface area (Å²) in [6.45, 7) is 4.84. The molecule has 3 heterocycles. The van der Waals surface area contributed by atoms with Gasteiger partial charge in [0.05, 0.1) is 25.1 Å². The van der Waals surface area contributed by atoms with Gasteiger partial charge < -0.3 is 25.4 Å². The van der Waals surface area contributed by atoms with Gasteiger partial charge in [0.25, 0.3) is 0 Å². The number of amides is 2. The van der Waals surface area contributed by atoms with Gasteiger partial charge in [-0.2, -0.15) is 4.31 Å². The zero-order valence-electron chi connectivity index (χ0n) is 26.5. The van der Waals surface area contributed by atoms with Crippen LogP contribution in [0.15, 0.2) is 42.5 Å². The molecule has 0 aliphatic carbocycles. The molecule has 3 aliphatic heterocycles. The molecule has 13 heteroatoms. The van der Waals surface area contributed by atoms with Crippen molar-refractivity contribution in [2.24, 2.45) is 5.92 Å². The van der Waals surface area contributed by atoms with Crippen LogP contribution in [0.3, 0.4) is 0 Å². The minimum absolute atomic E-state index is 0.106. The molecule has 0 aromatic heterocycles. The maximum Gasteiger partial charge on any atom is 0.407 e. The van der Waals surface area contributed by atoms with Gasteiger partial charge in [0.15, 0.2) is 0 Å². The Morgan fingerprint density at radius 2 is 1.78 bits per heavy atom. The summed E-state index contributed by atoms with van der Waals surface area (Å²) in [5.74, 6) is -2.17. The lowest BCUT2D eigenvalue weighted by Crippen LogP contribution is -2.57. The number of sulfonamides is 1. The first-order valence-electron chi connectivity index (χ1n) is 16.0. The average molecular weight is 663 g/mol. The second kappa shape index (κ2) is 14.7. The lowest BCUT2D eigenvalue weighted by atomic mass is 9.74. The number of methoxy groups -OCH3 is 1. The number of hydrogen-bond donors (Lipinski definition) is 3. The van der Waals surface area contributed by atoms with Crippen molar-refractivity contribution in [1.82, 2.24) is 14.9 Å². The Balaban J connectivity index is 1.42. The summed E-state index contributed by atoms with van der Waals surface area (Å²) in [5, 5.41) is 9.02. The van der Waals surface area contributed by atoms with Crippen molar-refractivity contribution in [1.29, 1.82) is 0 Å². The number of hydrogen-bond acceptors (Lipinski definition) is 7. The van der Waals surface area contributed by atoms with Crippen molar-refractivity contribution in [2.45, 2.75) is 88.6 Å². The molecule has 2 unspecified atom stereocenters. The van der Waals surface area contributed by atoms with E-state index in [2.05, 4.69) is 16.0 Å². The lowest BCUT2D eigenvalue weighted by Gasteiger charge is -2.40. The highest BCUT2D eigenvalue weighted by atomic mass is 32.2. The number of alkyl carbamates (subject to hydrolysis) is 1. The Bertz CT molecular complexity index is 1480. The van der Waals surface area contributed by atoms with E-state index in [1.165, 1.54) is 31.4 Å². The van der Waals surface area contributed by atoms with E-state index in [1.54, 1.807) is 22.5 Å². The van der Waals surface area contributed by atoms with E-state index >= 15 is 0 Å². The topological polar surface area (TPSA) is 126 Å². The number of nitrogens with zero attached hydrogens (tertiary/aromatic N) is 1. The van der Waals surface area contributed by atoms with E-state index in [4.69, 9.17) is 9.47 Å². The number of nitrogens with one attached hydrogen (secondary N) is 3. The van der Waals surface area contributed by atoms with Gasteiger partial charge in [0, 0.05) is 36.8 Å². The Morgan fingerprint density at radius 1 is 1.09 bits per heavy atom. The first kappa shape index (κ1) is 34.2. The fourth-order valence-electron chi connectivity index (χ4n) is 7.34. The highest BCUT2D eigenvalue weighted by Gasteiger charge is 2.41. The van der Waals surface area contributed by atoms with Gasteiger partial charge in [-0.3, -0.25) is 4.79 Å². The van der Waals surface area contributed by atoms with E-state index in [1.807, 2.05) is 13.8 Å². The highest BCUT2D eigenvalue weighted by molar-refractivity contribution is 7.89. The van der Waals surface area contributed by atoms with E-state index < -0.39 is 45.6 Å². The second-order valence-corrected chi connectivity index (χ2v) is 14.8. The maximum atomic E-state index is 14.6. The van der Waals surface area contributed by atoms with E-state index in [-0.39, 0.29) is 41.6 Å². The standard InChI is InChI=1S/C33H44F2N4O6S/c1-20-15-24(16-21(2)45-20)30(23-7-10-25(34)11-8-23)31(38-33(41)44-3)32(40)37-29-17-26(35)12-6-22(29)9-13-28-18-36-27-5-4-14-46(42,43)39(28)19-27/h6-8,10-12,17,20-21,24,27-28,30-31,36H,4-5,9,13-16,18-19H2,1-3H3,(H,37,40)(H,38,41)/t20-,21+,24?,27-,28+,30+,31+/m1/s1. The van der Waals surface area contributed by atoms with Crippen LogP contribution in [0, 0.1) is 17.6 Å². The summed E-state index contributed by atoms with van der Waals surface area (Å²) in [5.41, 5.74) is 1.52. The number of piperazine rings is 1. The van der Waals surface area contributed by atoms with Gasteiger partial charge in [-0.25, -0.2) is 22.0 Å². The van der Waals surface area contributed by atoms with Crippen LogP contribution in [0.4, 0.5) is 19.3 Å². The third kappa shape index (κ3) is 8.23. The van der Waals surface area contributed by atoms with Crippen molar-refractivity contribution in [3.63, 3.8) is 0 Å². The van der Waals surface area contributed by atoms with Gasteiger partial charge in [0.2, 0.25) is 15.9 Å². The van der Waals surface area contributed by atoms with Crippen LogP contribution in [0.25, 0.3) is 0 Å². The van der Waals surface area contributed by atoms with Crippen LogP contribution in [0.2, 0.25) is 0 Å². The zero-order valence-corrected chi connectivity index (χ0v) is 27.3. The number of rotatable bonds is 9. The molecule has 2 amide bonds. The largest absolute Gasteiger partial charge is 0.453 e. The number of aryl methyl sites for hydroxylation is 1. The summed E-state index contributed by atoms with van der Waals surface area (Å²) in [4.78, 5) is 26.8. The quantitative estimate of drug-likeness (QED) is 0.366. The minimum atomic E-state index is -3.38. The molecular weight excluding hydrogens is 618 g/mol. The van der Waals surface area contributed by atoms with Gasteiger partial charge >= 0.3 is 6.09 Å². The van der Waals surface area contributed by atoms with Crippen LogP contribution in [-0.4, -0.2) is 81.0 Å². The summed E-state index contributed by atoms with van der Waals surface area (Å²) in [6, 6.07) is 8.67. The number of halogens is 2. The van der Waals surface area contributed by atoms with Crippen LogP contribution >= 0.6 is 0 Å². The number of benzene rings is 2. The van der Waals surface area contributed by atoms with E-state index in [9.17, 15) is 26.8 Å². The maximum absolute atomic E-state index is 14.6. The molecule has 8 atom stereocenters. The molecule has 5 rings (SSSR count). The Hall–Kier alpha value is -3.13. The summed E-state index contributed by atoms with van der Waals surface area (Å²) in [6.07, 6.45) is 2.43. The third-order valence-electron chi connectivity index (χ3n) is 9.44. The molecule has 0 spiro atoms. The second-order valence-electron chi connectivity index (χ2n) is 12.8. The predicted octanol–water partition coefficient (Wildman–Crippen LogP) is 4.31. The molecule has 3 aliphatic rings. The Kier molecular flexibility index (Phi) is 11.0. The van der Waals surface area contributed by atoms with E-state index in [0.29, 0.717) is 56.3 Å². The molecule has 3 N–H and O–H groups in total. The van der Waals surface area contributed by atoms with Gasteiger partial charge in [-0.1, -0.05) is 18.2 Å². The van der Waals surface area contributed by atoms with Crippen LogP contribution in [0.1, 0.15) is 63.0 Å². The molecule has 46 heavy (non-hydrogen) atoms. The first-order chi connectivity index (χ1) is 21.9. The SMILES string of the molecule is COC(=O)N[C@H](C(=O)Nc1cc(F)ccc1CC[C@H]1CN[C@@H]2CCCS(=O)(=O)N1C2)[C@@H](c1ccc(F)cc1)C1C[C@@H](C)O[C@@H](C)C1. The monoisotopic (exact) mass is 662 g/mol. The average Bonchev–Trinajstić information content (AvgIpc) is 3.12. The first-order valence-corrected chi connectivity index (χ1v) is 17.6. The number of carbonyl (C=O) groups excluding carboxylic acids is 2. The van der Waals surface area contributed by atoms with Crippen molar-refractivity contribution < 1.29 is 36.3 Å². The van der Waals surface area contributed by atoms with Crippen molar-refractivity contribution in [2.75, 3.05) is 31.3 Å². The fourth-order valence-corrected chi connectivity index (χ4v) is 9.14. The van der Waals surface area contributed by atoms with Crippen LogP contribution < -0.4 is 16.0 Å². The summed E-state index contributed by atoms with van der Waals surface area (Å²) in [7, 11) is -2.18.